The Bertz CT molecular complexity index is 1040. The Morgan fingerprint density at radius 1 is 0.968 bits per heavy atom. The van der Waals surface area contributed by atoms with Gasteiger partial charge in [0.2, 0.25) is 5.91 Å². The van der Waals surface area contributed by atoms with Gasteiger partial charge in [-0.3, -0.25) is 9.59 Å². The van der Waals surface area contributed by atoms with Crippen molar-refractivity contribution in [3.63, 3.8) is 0 Å². The molecule has 7 heteroatoms. The fraction of sp³-hybridized carbons (Fsp3) is 0.250. The Kier molecular flexibility index (Phi) is 7.43. The fourth-order valence-corrected chi connectivity index (χ4v) is 3.00. The molecule has 1 heterocycles. The van der Waals surface area contributed by atoms with Crippen molar-refractivity contribution in [3.05, 3.63) is 88.6 Å². The van der Waals surface area contributed by atoms with Gasteiger partial charge in [-0.05, 0) is 55.3 Å². The summed E-state index contributed by atoms with van der Waals surface area (Å²) in [5, 5.41) is 5.40. The molecule has 31 heavy (non-hydrogen) atoms. The van der Waals surface area contributed by atoms with Crippen LogP contribution in [0.3, 0.4) is 0 Å². The van der Waals surface area contributed by atoms with E-state index in [1.807, 2.05) is 32.0 Å². The highest BCUT2D eigenvalue weighted by molar-refractivity contribution is 5.91. The highest BCUT2D eigenvalue weighted by atomic mass is 19.1. The summed E-state index contributed by atoms with van der Waals surface area (Å²) in [4.78, 5) is 24.1. The molecule has 0 aliphatic carbocycles. The van der Waals surface area contributed by atoms with Crippen LogP contribution in [-0.2, 0) is 17.8 Å². The van der Waals surface area contributed by atoms with Crippen molar-refractivity contribution < 1.29 is 23.1 Å². The van der Waals surface area contributed by atoms with Crippen molar-refractivity contribution in [3.8, 4) is 5.75 Å². The molecule has 0 spiro atoms. The van der Waals surface area contributed by atoms with Crippen LogP contribution in [-0.4, -0.2) is 24.9 Å². The van der Waals surface area contributed by atoms with Crippen LogP contribution in [0.2, 0.25) is 0 Å². The summed E-state index contributed by atoms with van der Waals surface area (Å²) in [6, 6.07) is 15.0. The minimum atomic E-state index is -0.370. The summed E-state index contributed by atoms with van der Waals surface area (Å²) in [5.74, 6) is 0.569. The highest BCUT2D eigenvalue weighted by Crippen LogP contribution is 2.20. The van der Waals surface area contributed by atoms with Crippen LogP contribution >= 0.6 is 0 Å². The quantitative estimate of drug-likeness (QED) is 0.513. The Morgan fingerprint density at radius 3 is 2.45 bits per heavy atom. The summed E-state index contributed by atoms with van der Waals surface area (Å²) >= 11 is 0. The zero-order valence-corrected chi connectivity index (χ0v) is 17.5. The smallest absolute Gasteiger partial charge is 0.287 e. The first-order valence-corrected chi connectivity index (χ1v) is 9.99. The Morgan fingerprint density at radius 2 is 1.71 bits per heavy atom. The van der Waals surface area contributed by atoms with Crippen LogP contribution < -0.4 is 15.4 Å². The molecule has 6 nitrogen and oxygen atoms in total. The molecule has 0 saturated carbocycles. The van der Waals surface area contributed by atoms with Crippen molar-refractivity contribution in [2.24, 2.45) is 0 Å². The van der Waals surface area contributed by atoms with Gasteiger partial charge in [-0.2, -0.15) is 0 Å². The number of rotatable bonds is 9. The molecule has 3 rings (SSSR count). The second-order valence-electron chi connectivity index (χ2n) is 7.23. The van der Waals surface area contributed by atoms with E-state index in [1.165, 1.54) is 12.1 Å². The third-order valence-electron chi connectivity index (χ3n) is 4.60. The molecule has 162 valence electrons. The molecule has 3 aromatic rings. The van der Waals surface area contributed by atoms with E-state index in [1.54, 1.807) is 24.3 Å². The van der Waals surface area contributed by atoms with Crippen LogP contribution in [0, 0.1) is 19.7 Å². The molecule has 0 aliphatic heterocycles. The summed E-state index contributed by atoms with van der Waals surface area (Å²) in [6.45, 7) is 4.74. The summed E-state index contributed by atoms with van der Waals surface area (Å²) < 4.78 is 24.2. The number of amides is 2. The van der Waals surface area contributed by atoms with Gasteiger partial charge in [-0.25, -0.2) is 4.39 Å². The summed E-state index contributed by atoms with van der Waals surface area (Å²) in [5.41, 5.74) is 2.91. The van der Waals surface area contributed by atoms with Gasteiger partial charge in [0.1, 0.15) is 23.9 Å². The zero-order valence-electron chi connectivity index (χ0n) is 17.5. The zero-order chi connectivity index (χ0) is 22.2. The number of benzene rings is 2. The predicted molar refractivity (Wildman–Crippen MR) is 114 cm³/mol. The van der Waals surface area contributed by atoms with E-state index in [2.05, 4.69) is 10.6 Å². The molecule has 0 aliphatic rings. The minimum Gasteiger partial charge on any atom is -0.485 e. The van der Waals surface area contributed by atoms with Crippen LogP contribution in [0.4, 0.5) is 4.39 Å². The largest absolute Gasteiger partial charge is 0.485 e. The second-order valence-corrected chi connectivity index (χ2v) is 7.23. The number of halogens is 1. The average molecular weight is 424 g/mol. The van der Waals surface area contributed by atoms with E-state index in [-0.39, 0.29) is 49.5 Å². The average Bonchev–Trinajstić information content (AvgIpc) is 3.21. The molecule has 0 fully saturated rings. The topological polar surface area (TPSA) is 80.6 Å². The second kappa shape index (κ2) is 10.4. The van der Waals surface area contributed by atoms with Gasteiger partial charge >= 0.3 is 0 Å². The number of hydrogen-bond acceptors (Lipinski definition) is 4. The van der Waals surface area contributed by atoms with Crippen molar-refractivity contribution in [1.29, 1.82) is 0 Å². The SMILES string of the molecule is Cc1ccc(OCc2ccc(C(=O)NCCNC(=O)Cc3ccc(F)cc3)o2)c(C)c1. The first kappa shape index (κ1) is 22.1. The Hall–Kier alpha value is -3.61. The fourth-order valence-electron chi connectivity index (χ4n) is 3.00. The Labute approximate surface area is 180 Å². The number of aryl methyl sites for hydroxylation is 2. The standard InChI is InChI=1S/C24H25FN2O4/c1-16-3-9-21(17(2)13-16)30-15-20-8-10-22(31-20)24(29)27-12-11-26-23(28)14-18-4-6-19(25)7-5-18/h3-10,13H,11-12,14-15H2,1-2H3,(H,26,28)(H,27,29). The van der Waals surface area contributed by atoms with E-state index < -0.39 is 0 Å². The van der Waals surface area contributed by atoms with Crippen LogP contribution in [0.5, 0.6) is 5.75 Å². The maximum absolute atomic E-state index is 12.9. The normalized spacial score (nSPS) is 10.5. The Balaban J connectivity index is 1.38. The van der Waals surface area contributed by atoms with Gasteiger partial charge in [-0.15, -0.1) is 0 Å². The molecule has 1 aromatic heterocycles. The van der Waals surface area contributed by atoms with Crippen molar-refractivity contribution in [1.82, 2.24) is 10.6 Å². The van der Waals surface area contributed by atoms with Crippen LogP contribution in [0.25, 0.3) is 0 Å². The number of hydrogen-bond donors (Lipinski definition) is 2. The predicted octanol–water partition coefficient (Wildman–Crippen LogP) is 3.70. The van der Waals surface area contributed by atoms with E-state index in [9.17, 15) is 14.0 Å². The van der Waals surface area contributed by atoms with Crippen molar-refractivity contribution in [2.75, 3.05) is 13.1 Å². The monoisotopic (exact) mass is 424 g/mol. The molecule has 0 radical (unpaired) electrons. The lowest BCUT2D eigenvalue weighted by molar-refractivity contribution is -0.120. The van der Waals surface area contributed by atoms with Crippen LogP contribution in [0.1, 0.15) is 33.0 Å². The first-order chi connectivity index (χ1) is 14.9. The van der Waals surface area contributed by atoms with Gasteiger partial charge < -0.3 is 19.8 Å². The highest BCUT2D eigenvalue weighted by Gasteiger charge is 2.12. The maximum Gasteiger partial charge on any atom is 0.287 e. The molecule has 2 aromatic carbocycles. The van der Waals surface area contributed by atoms with Gasteiger partial charge in [0.15, 0.2) is 5.76 Å². The molecule has 0 unspecified atom stereocenters. The number of carbonyl (C=O) groups is 2. The molecule has 2 amide bonds. The molecular weight excluding hydrogens is 399 g/mol. The lowest BCUT2D eigenvalue weighted by atomic mass is 10.1. The number of ether oxygens (including phenoxy) is 1. The van der Waals surface area contributed by atoms with Crippen molar-refractivity contribution >= 4 is 11.8 Å². The lowest BCUT2D eigenvalue weighted by Crippen LogP contribution is -2.35. The lowest BCUT2D eigenvalue weighted by Gasteiger charge is -2.08. The number of nitrogens with one attached hydrogen (secondary N) is 2. The molecule has 0 bridgehead atoms. The van der Waals surface area contributed by atoms with Gasteiger partial charge in [-0.1, -0.05) is 29.8 Å². The van der Waals surface area contributed by atoms with E-state index in [0.717, 1.165) is 16.9 Å². The van der Waals surface area contributed by atoms with E-state index in [0.29, 0.717) is 11.3 Å². The molecule has 2 N–H and O–H groups in total. The van der Waals surface area contributed by atoms with E-state index >= 15 is 0 Å². The molecular formula is C24H25FN2O4. The van der Waals surface area contributed by atoms with Crippen LogP contribution in [0.15, 0.2) is 59.0 Å². The summed E-state index contributed by atoms with van der Waals surface area (Å²) in [7, 11) is 0. The van der Waals surface area contributed by atoms with Gasteiger partial charge in [0, 0.05) is 13.1 Å². The number of furan rings is 1. The number of carbonyl (C=O) groups excluding carboxylic acids is 2. The maximum atomic E-state index is 12.9. The third-order valence-corrected chi connectivity index (χ3v) is 4.60. The molecule has 0 saturated heterocycles. The summed E-state index contributed by atoms with van der Waals surface area (Å²) in [6.07, 6.45) is 0.149. The van der Waals surface area contributed by atoms with Gasteiger partial charge in [0.25, 0.3) is 5.91 Å². The third kappa shape index (κ3) is 6.70. The minimum absolute atomic E-state index is 0.149. The first-order valence-electron chi connectivity index (χ1n) is 9.99. The van der Waals surface area contributed by atoms with E-state index in [4.69, 9.17) is 9.15 Å². The molecule has 0 atom stereocenters. The van der Waals surface area contributed by atoms with Gasteiger partial charge in [0.05, 0.1) is 6.42 Å². The van der Waals surface area contributed by atoms with Crippen molar-refractivity contribution in [2.45, 2.75) is 26.9 Å².